The molecule has 1 unspecified atom stereocenters. The minimum absolute atomic E-state index is 0.114. The van der Waals surface area contributed by atoms with Crippen molar-refractivity contribution in [3.05, 3.63) is 52.2 Å². The van der Waals surface area contributed by atoms with E-state index >= 15 is 0 Å². The van der Waals surface area contributed by atoms with Crippen LogP contribution < -0.4 is 5.32 Å². The first-order valence-electron chi connectivity index (χ1n) is 6.04. The molecule has 4 heteroatoms. The molecular formula is C14H17FN2S. The van der Waals surface area contributed by atoms with Crippen LogP contribution in [0.4, 0.5) is 4.39 Å². The smallest absolute Gasteiger partial charge is 0.126 e. The molecule has 2 aromatic rings. The van der Waals surface area contributed by atoms with Crippen molar-refractivity contribution >= 4 is 11.3 Å². The molecule has 0 saturated heterocycles. The van der Waals surface area contributed by atoms with Crippen LogP contribution in [0.1, 0.15) is 11.3 Å². The van der Waals surface area contributed by atoms with Crippen LogP contribution in [0.15, 0.2) is 35.2 Å². The van der Waals surface area contributed by atoms with E-state index in [0.717, 1.165) is 30.6 Å². The Morgan fingerprint density at radius 3 is 2.83 bits per heavy atom. The summed E-state index contributed by atoms with van der Waals surface area (Å²) in [6.07, 6.45) is 1.63. The van der Waals surface area contributed by atoms with Gasteiger partial charge in [-0.3, -0.25) is 0 Å². The molecule has 1 aromatic heterocycles. The van der Waals surface area contributed by atoms with Gasteiger partial charge in [-0.05, 0) is 44.0 Å². The van der Waals surface area contributed by atoms with Crippen molar-refractivity contribution in [2.45, 2.75) is 12.8 Å². The molecule has 1 N–H and O–H groups in total. The van der Waals surface area contributed by atoms with Gasteiger partial charge in [-0.2, -0.15) is 0 Å². The summed E-state index contributed by atoms with van der Waals surface area (Å²) in [5.41, 5.74) is 3.72. The Hall–Kier alpha value is -1.26. The Balaban J connectivity index is 2.04. The highest BCUT2D eigenvalue weighted by Crippen LogP contribution is 2.16. The summed E-state index contributed by atoms with van der Waals surface area (Å²) >= 11 is 1.60. The number of nitrogens with zero attached hydrogens (tertiary/aromatic N) is 1. The van der Waals surface area contributed by atoms with Crippen molar-refractivity contribution in [3.63, 3.8) is 0 Å². The van der Waals surface area contributed by atoms with Crippen molar-refractivity contribution < 1.29 is 4.39 Å². The van der Waals surface area contributed by atoms with Gasteiger partial charge in [0.25, 0.3) is 0 Å². The van der Waals surface area contributed by atoms with Crippen molar-refractivity contribution in [1.29, 1.82) is 0 Å². The van der Waals surface area contributed by atoms with Crippen LogP contribution in [0.3, 0.4) is 0 Å². The van der Waals surface area contributed by atoms with Crippen molar-refractivity contribution in [3.8, 4) is 0 Å². The molecule has 0 amide bonds. The lowest BCUT2D eigenvalue weighted by Crippen LogP contribution is -2.23. The average molecular weight is 264 g/mol. The first-order chi connectivity index (χ1) is 8.79. The first kappa shape index (κ1) is 13.2. The van der Waals surface area contributed by atoms with E-state index in [1.807, 2.05) is 24.7 Å². The number of thiazole rings is 1. The van der Waals surface area contributed by atoms with E-state index in [-0.39, 0.29) is 5.82 Å². The fourth-order valence-electron chi connectivity index (χ4n) is 2.11. The molecule has 0 aliphatic carbocycles. The maximum atomic E-state index is 13.6. The van der Waals surface area contributed by atoms with Gasteiger partial charge in [0.2, 0.25) is 0 Å². The Bertz CT molecular complexity index is 470. The molecule has 1 heterocycles. The fourth-order valence-corrected chi connectivity index (χ4v) is 2.69. The second-order valence-electron chi connectivity index (χ2n) is 4.40. The number of benzene rings is 1. The standard InChI is InChI=1S/C14H17FN2S/c1-16-8-11(7-13-9-18-10-17-13)6-12-4-2-3-5-14(12)15/h2-5,9-11,16H,6-8H2,1H3. The number of hydrogen-bond donors (Lipinski definition) is 1. The molecule has 2 rings (SSSR count). The molecule has 1 aromatic carbocycles. The lowest BCUT2D eigenvalue weighted by atomic mass is 9.94. The Morgan fingerprint density at radius 2 is 2.17 bits per heavy atom. The maximum absolute atomic E-state index is 13.6. The fraction of sp³-hybridized carbons (Fsp3) is 0.357. The van der Waals surface area contributed by atoms with E-state index in [0.29, 0.717) is 5.92 Å². The number of hydrogen-bond acceptors (Lipinski definition) is 3. The second-order valence-corrected chi connectivity index (χ2v) is 5.12. The third-order valence-corrected chi connectivity index (χ3v) is 3.58. The molecule has 0 saturated carbocycles. The highest BCUT2D eigenvalue weighted by molar-refractivity contribution is 7.07. The summed E-state index contributed by atoms with van der Waals surface area (Å²) in [5, 5.41) is 5.23. The van der Waals surface area contributed by atoms with Crippen LogP contribution in [0.5, 0.6) is 0 Å². The van der Waals surface area contributed by atoms with Gasteiger partial charge in [0, 0.05) is 5.38 Å². The van der Waals surface area contributed by atoms with E-state index in [9.17, 15) is 4.39 Å². The van der Waals surface area contributed by atoms with Gasteiger partial charge in [-0.1, -0.05) is 18.2 Å². The summed E-state index contributed by atoms with van der Waals surface area (Å²) in [5.74, 6) is 0.255. The first-order valence-corrected chi connectivity index (χ1v) is 6.99. The summed E-state index contributed by atoms with van der Waals surface area (Å²) in [4.78, 5) is 4.30. The summed E-state index contributed by atoms with van der Waals surface area (Å²) in [6, 6.07) is 7.00. The van der Waals surface area contributed by atoms with Crippen LogP contribution in [0.2, 0.25) is 0 Å². The van der Waals surface area contributed by atoms with Gasteiger partial charge >= 0.3 is 0 Å². The monoisotopic (exact) mass is 264 g/mol. The number of nitrogens with one attached hydrogen (secondary N) is 1. The lowest BCUT2D eigenvalue weighted by Gasteiger charge is -2.15. The quantitative estimate of drug-likeness (QED) is 0.867. The molecule has 0 bridgehead atoms. The topological polar surface area (TPSA) is 24.9 Å². The number of aromatic nitrogens is 1. The highest BCUT2D eigenvalue weighted by Gasteiger charge is 2.13. The summed E-state index contributed by atoms with van der Waals surface area (Å²) in [7, 11) is 1.93. The van der Waals surface area contributed by atoms with Gasteiger partial charge < -0.3 is 5.32 Å². The number of rotatable bonds is 6. The Labute approximate surface area is 111 Å². The maximum Gasteiger partial charge on any atom is 0.126 e. The van der Waals surface area contributed by atoms with Gasteiger partial charge in [-0.15, -0.1) is 11.3 Å². The van der Waals surface area contributed by atoms with Crippen molar-refractivity contribution in [1.82, 2.24) is 10.3 Å². The molecular weight excluding hydrogens is 247 g/mol. The van der Waals surface area contributed by atoms with Gasteiger partial charge in [-0.25, -0.2) is 9.37 Å². The molecule has 0 aliphatic heterocycles. The molecule has 2 nitrogen and oxygen atoms in total. The van der Waals surface area contributed by atoms with Crippen LogP contribution >= 0.6 is 11.3 Å². The van der Waals surface area contributed by atoms with Crippen LogP contribution in [0, 0.1) is 11.7 Å². The lowest BCUT2D eigenvalue weighted by molar-refractivity contribution is 0.476. The minimum atomic E-state index is -0.114. The molecule has 0 radical (unpaired) electrons. The van der Waals surface area contributed by atoms with Gasteiger partial charge in [0.05, 0.1) is 11.2 Å². The zero-order chi connectivity index (χ0) is 12.8. The van der Waals surface area contributed by atoms with E-state index in [2.05, 4.69) is 15.7 Å². The third kappa shape index (κ3) is 3.62. The Morgan fingerprint density at radius 1 is 1.33 bits per heavy atom. The third-order valence-electron chi connectivity index (χ3n) is 2.94. The highest BCUT2D eigenvalue weighted by atomic mass is 32.1. The molecule has 0 spiro atoms. The van der Waals surface area contributed by atoms with E-state index in [1.165, 1.54) is 6.07 Å². The largest absolute Gasteiger partial charge is 0.319 e. The zero-order valence-electron chi connectivity index (χ0n) is 10.4. The molecule has 96 valence electrons. The van der Waals surface area contributed by atoms with Crippen molar-refractivity contribution in [2.75, 3.05) is 13.6 Å². The normalized spacial score (nSPS) is 12.6. The average Bonchev–Trinajstić information content (AvgIpc) is 2.85. The van der Waals surface area contributed by atoms with Crippen LogP contribution in [-0.2, 0) is 12.8 Å². The SMILES string of the molecule is CNCC(Cc1cscn1)Cc1ccccc1F. The summed E-state index contributed by atoms with van der Waals surface area (Å²) in [6.45, 7) is 0.867. The van der Waals surface area contributed by atoms with Crippen LogP contribution in [0.25, 0.3) is 0 Å². The number of halogens is 1. The second kappa shape index (κ2) is 6.61. The van der Waals surface area contributed by atoms with Crippen LogP contribution in [-0.4, -0.2) is 18.6 Å². The van der Waals surface area contributed by atoms with E-state index in [1.54, 1.807) is 17.4 Å². The van der Waals surface area contributed by atoms with Gasteiger partial charge in [0.1, 0.15) is 5.82 Å². The summed E-state index contributed by atoms with van der Waals surface area (Å²) < 4.78 is 13.6. The van der Waals surface area contributed by atoms with E-state index in [4.69, 9.17) is 0 Å². The molecule has 1 atom stereocenters. The molecule has 0 fully saturated rings. The predicted octanol–water partition coefficient (Wildman–Crippen LogP) is 2.90. The predicted molar refractivity (Wildman–Crippen MR) is 73.3 cm³/mol. The van der Waals surface area contributed by atoms with Crippen molar-refractivity contribution in [2.24, 2.45) is 5.92 Å². The molecule has 0 aliphatic rings. The Kier molecular flexibility index (Phi) is 4.84. The molecule has 18 heavy (non-hydrogen) atoms. The zero-order valence-corrected chi connectivity index (χ0v) is 11.2. The minimum Gasteiger partial charge on any atom is -0.319 e. The van der Waals surface area contributed by atoms with Gasteiger partial charge in [0.15, 0.2) is 0 Å². The van der Waals surface area contributed by atoms with E-state index < -0.39 is 0 Å².